The van der Waals surface area contributed by atoms with Crippen molar-refractivity contribution in [3.05, 3.63) is 33.2 Å². The number of primary amides is 1. The van der Waals surface area contributed by atoms with Crippen LogP contribution in [0.25, 0.3) is 0 Å². The average molecular weight is 390 g/mol. The van der Waals surface area contributed by atoms with E-state index in [2.05, 4.69) is 12.4 Å². The predicted octanol–water partition coefficient (Wildman–Crippen LogP) is 1.38. The number of carbonyl (C=O) groups excluding carboxylic acids is 1. The number of amides is 1. The molecule has 1 aromatic carbocycles. The Morgan fingerprint density at radius 3 is 2.89 bits per heavy atom. The van der Waals surface area contributed by atoms with Crippen LogP contribution >= 0.6 is 11.3 Å². The molecule has 0 radical (unpaired) electrons. The number of likely N-dealkylation sites (N-methyl/N-ethyl adjacent to an activating group) is 1. The molecule has 27 heavy (non-hydrogen) atoms. The second-order valence-corrected chi connectivity index (χ2v) is 8.22. The molecule has 3 heterocycles. The molecule has 8 heteroatoms. The molecule has 1 unspecified atom stereocenters. The van der Waals surface area contributed by atoms with Gasteiger partial charge in [0.1, 0.15) is 5.00 Å². The zero-order chi connectivity index (χ0) is 19.3. The Bertz CT molecular complexity index is 924. The number of nitrogens with one attached hydrogen (secondary N) is 2. The molecule has 2 atom stereocenters. The van der Waals surface area contributed by atoms with Gasteiger partial charge < -0.3 is 30.2 Å². The fraction of sp³-hybridized carbons (Fsp3) is 0.421. The van der Waals surface area contributed by atoms with E-state index in [1.54, 1.807) is 18.4 Å². The van der Waals surface area contributed by atoms with Crippen molar-refractivity contribution in [3.63, 3.8) is 0 Å². The largest absolute Gasteiger partial charge is 0.492 e. The minimum absolute atomic E-state index is 0.0891. The quantitative estimate of drug-likeness (QED) is 0.734. The molecule has 0 spiro atoms. The molecular weight excluding hydrogens is 366 g/mol. The first-order chi connectivity index (χ1) is 12.9. The van der Waals surface area contributed by atoms with Crippen LogP contribution in [0.15, 0.2) is 6.07 Å². The van der Waals surface area contributed by atoms with E-state index in [4.69, 9.17) is 19.9 Å². The molecule has 0 aliphatic carbocycles. The molecule has 144 valence electrons. The molecule has 2 aliphatic rings. The number of methoxy groups -OCH3 is 1. The molecule has 1 aromatic heterocycles. The first kappa shape index (κ1) is 17.9. The average Bonchev–Trinajstić information content (AvgIpc) is 3.20. The molecular formula is C19H24N3O4S+. The van der Waals surface area contributed by atoms with Crippen LogP contribution in [0.2, 0.25) is 0 Å². The lowest BCUT2D eigenvalue weighted by molar-refractivity contribution is -0.910. The lowest BCUT2D eigenvalue weighted by atomic mass is 9.95. The number of thiophene rings is 1. The Morgan fingerprint density at radius 1 is 1.41 bits per heavy atom. The fourth-order valence-electron chi connectivity index (χ4n) is 3.88. The summed E-state index contributed by atoms with van der Waals surface area (Å²) in [7, 11) is 3.77. The van der Waals surface area contributed by atoms with Crippen LogP contribution in [-0.2, 0) is 6.42 Å². The first-order valence-corrected chi connectivity index (χ1v) is 9.72. The number of quaternary nitrogens is 1. The highest BCUT2D eigenvalue weighted by Gasteiger charge is 2.37. The summed E-state index contributed by atoms with van der Waals surface area (Å²) in [4.78, 5) is 14.4. The number of hydrogen-bond acceptors (Lipinski definition) is 6. The molecule has 1 amide bonds. The van der Waals surface area contributed by atoms with E-state index >= 15 is 0 Å². The van der Waals surface area contributed by atoms with Crippen molar-refractivity contribution in [2.75, 3.05) is 32.8 Å². The maximum Gasteiger partial charge on any atom is 0.251 e. The first-order valence-electron chi connectivity index (χ1n) is 8.90. The topological polar surface area (TPSA) is 87.2 Å². The van der Waals surface area contributed by atoms with Crippen LogP contribution < -0.4 is 30.2 Å². The molecule has 4 rings (SSSR count). The molecule has 0 saturated carbocycles. The Hall–Kier alpha value is -2.45. The summed E-state index contributed by atoms with van der Waals surface area (Å²) in [6.45, 7) is 5.08. The summed E-state index contributed by atoms with van der Waals surface area (Å²) in [5.74, 6) is 1.66. The summed E-state index contributed by atoms with van der Waals surface area (Å²) in [6.07, 6.45) is 0.825. The molecule has 4 N–H and O–H groups in total. The number of nitrogens with two attached hydrogens (primary N) is 1. The van der Waals surface area contributed by atoms with Crippen molar-refractivity contribution in [1.82, 2.24) is 0 Å². The van der Waals surface area contributed by atoms with Gasteiger partial charge in [-0.3, -0.25) is 4.79 Å². The lowest BCUT2D eigenvalue weighted by Gasteiger charge is -2.33. The molecule has 0 bridgehead atoms. The number of benzene rings is 1. The van der Waals surface area contributed by atoms with E-state index in [0.29, 0.717) is 17.1 Å². The van der Waals surface area contributed by atoms with Gasteiger partial charge in [0.15, 0.2) is 17.7 Å². The minimum Gasteiger partial charge on any atom is -0.492 e. The minimum atomic E-state index is -0.411. The highest BCUT2D eigenvalue weighted by molar-refractivity contribution is 7.16. The van der Waals surface area contributed by atoms with Gasteiger partial charge in [0.2, 0.25) is 12.5 Å². The van der Waals surface area contributed by atoms with E-state index in [9.17, 15) is 4.79 Å². The van der Waals surface area contributed by atoms with Crippen molar-refractivity contribution in [2.45, 2.75) is 26.4 Å². The van der Waals surface area contributed by atoms with Gasteiger partial charge in [0.05, 0.1) is 31.8 Å². The SMILES string of the molecule is COc1c2c(cc3c1[C@@H](Nc1sc(C)c(C)c1C(N)=O)[NH+](C)CC3)OCO2. The molecule has 2 aromatic rings. The molecule has 0 fully saturated rings. The van der Waals surface area contributed by atoms with Gasteiger partial charge in [-0.05, 0) is 31.0 Å². The van der Waals surface area contributed by atoms with Gasteiger partial charge >= 0.3 is 0 Å². The summed E-state index contributed by atoms with van der Waals surface area (Å²) in [5, 5.41) is 4.37. The van der Waals surface area contributed by atoms with Crippen LogP contribution in [0, 0.1) is 13.8 Å². The van der Waals surface area contributed by atoms with Crippen LogP contribution in [0.3, 0.4) is 0 Å². The van der Waals surface area contributed by atoms with E-state index < -0.39 is 5.91 Å². The van der Waals surface area contributed by atoms with Crippen LogP contribution in [0.1, 0.15) is 38.1 Å². The smallest absolute Gasteiger partial charge is 0.251 e. The second kappa shape index (κ2) is 6.61. The summed E-state index contributed by atoms with van der Waals surface area (Å²) in [5.41, 5.74) is 9.37. The van der Waals surface area contributed by atoms with Crippen LogP contribution in [-0.4, -0.2) is 33.4 Å². The summed E-state index contributed by atoms with van der Waals surface area (Å²) < 4.78 is 17.0. The summed E-state index contributed by atoms with van der Waals surface area (Å²) >= 11 is 1.56. The van der Waals surface area contributed by atoms with Crippen molar-refractivity contribution in [3.8, 4) is 17.2 Å². The van der Waals surface area contributed by atoms with E-state index in [1.807, 2.05) is 19.9 Å². The highest BCUT2D eigenvalue weighted by atomic mass is 32.1. The third kappa shape index (κ3) is 2.80. The number of carbonyl (C=O) groups is 1. The zero-order valence-electron chi connectivity index (χ0n) is 15.9. The predicted molar refractivity (Wildman–Crippen MR) is 103 cm³/mol. The highest BCUT2D eigenvalue weighted by Crippen LogP contribution is 2.47. The third-order valence-corrected chi connectivity index (χ3v) is 6.56. The maximum absolute atomic E-state index is 12.0. The fourth-order valence-corrected chi connectivity index (χ4v) is 4.97. The Kier molecular flexibility index (Phi) is 4.39. The number of ether oxygens (including phenoxy) is 3. The van der Waals surface area contributed by atoms with Gasteiger partial charge in [-0.2, -0.15) is 0 Å². The lowest BCUT2D eigenvalue weighted by Crippen LogP contribution is -3.11. The maximum atomic E-state index is 12.0. The Labute approximate surface area is 162 Å². The molecule has 0 saturated heterocycles. The monoisotopic (exact) mass is 390 g/mol. The van der Waals surface area contributed by atoms with Crippen molar-refractivity contribution in [2.24, 2.45) is 5.73 Å². The van der Waals surface area contributed by atoms with Crippen LogP contribution in [0.5, 0.6) is 17.2 Å². The van der Waals surface area contributed by atoms with Gasteiger partial charge in [-0.1, -0.05) is 0 Å². The zero-order valence-corrected chi connectivity index (χ0v) is 16.7. The molecule has 2 aliphatic heterocycles. The Morgan fingerprint density at radius 2 is 2.19 bits per heavy atom. The van der Waals surface area contributed by atoms with Crippen LogP contribution in [0.4, 0.5) is 5.00 Å². The number of fused-ring (bicyclic) bond motifs is 2. The van der Waals surface area contributed by atoms with E-state index in [-0.39, 0.29) is 13.0 Å². The number of hydrogen-bond donors (Lipinski definition) is 3. The summed E-state index contributed by atoms with van der Waals surface area (Å²) in [6, 6.07) is 2.04. The normalized spacial score (nSPS) is 20.3. The van der Waals surface area contributed by atoms with Crippen molar-refractivity contribution >= 4 is 22.2 Å². The van der Waals surface area contributed by atoms with E-state index in [1.165, 1.54) is 10.5 Å². The Balaban J connectivity index is 1.82. The molecule has 7 nitrogen and oxygen atoms in total. The van der Waals surface area contributed by atoms with Crippen molar-refractivity contribution < 1.29 is 23.9 Å². The number of rotatable bonds is 4. The van der Waals surface area contributed by atoms with Gasteiger partial charge in [-0.15, -0.1) is 11.3 Å². The van der Waals surface area contributed by atoms with Gasteiger partial charge in [-0.25, -0.2) is 0 Å². The standard InChI is InChI=1S/C19H23N3O4S/c1-9-10(2)27-19(13(9)17(20)23)21-18-14-11(5-6-22(18)3)7-12-15(16(14)24-4)26-8-25-12/h7,18,21H,5-6,8H2,1-4H3,(H2,20,23)/p+1/t18-/m0/s1. The van der Waals surface area contributed by atoms with Crippen molar-refractivity contribution in [1.29, 1.82) is 0 Å². The third-order valence-electron chi connectivity index (χ3n) is 5.43. The van der Waals surface area contributed by atoms with Gasteiger partial charge in [0, 0.05) is 11.3 Å². The number of aryl methyl sites for hydroxylation is 1. The van der Waals surface area contributed by atoms with Gasteiger partial charge in [0.25, 0.3) is 5.91 Å². The van der Waals surface area contributed by atoms with E-state index in [0.717, 1.165) is 39.7 Å². The second-order valence-electron chi connectivity index (χ2n) is 6.99. The number of anilines is 1.